The van der Waals surface area contributed by atoms with Crippen LogP contribution in [0.1, 0.15) is 0 Å². The first kappa shape index (κ1) is 10.0. The van der Waals surface area contributed by atoms with Crippen LogP contribution < -0.4 is 0 Å². The zero-order chi connectivity index (χ0) is 11.8. The molecule has 6 heteroatoms. The van der Waals surface area contributed by atoms with Crippen LogP contribution >= 0.6 is 11.6 Å². The molecule has 1 N–H and O–H groups in total. The number of rotatable bonds is 1. The summed E-state index contributed by atoms with van der Waals surface area (Å²) in [4.78, 5) is 7.79. The van der Waals surface area contributed by atoms with Gasteiger partial charge in [-0.3, -0.25) is 0 Å². The molecule has 0 unspecified atom stereocenters. The Morgan fingerprint density at radius 2 is 2.00 bits per heavy atom. The third kappa shape index (κ3) is 1.52. The number of hydrogen-bond acceptors (Lipinski definition) is 4. The maximum absolute atomic E-state index is 9.56. The standard InChI is InChI=1S/C11H7ClN4O/c12-8-3-1-2-4-9(8)16-10-7(5-15-16)11(17)14-6-13-10/h1-6H,(H,13,14,17). The van der Waals surface area contributed by atoms with Gasteiger partial charge in [0.2, 0.25) is 5.88 Å². The van der Waals surface area contributed by atoms with Crippen LogP contribution in [0.15, 0.2) is 36.8 Å². The van der Waals surface area contributed by atoms with Crippen LogP contribution in [-0.2, 0) is 0 Å². The van der Waals surface area contributed by atoms with Gasteiger partial charge in [-0.15, -0.1) is 0 Å². The normalized spacial score (nSPS) is 10.9. The molecule has 0 saturated heterocycles. The Morgan fingerprint density at radius 1 is 1.18 bits per heavy atom. The molecule has 3 aromatic rings. The number of nitrogens with zero attached hydrogens (tertiary/aromatic N) is 4. The van der Waals surface area contributed by atoms with E-state index in [2.05, 4.69) is 15.1 Å². The minimum atomic E-state index is -0.0895. The first-order valence-electron chi connectivity index (χ1n) is 4.90. The SMILES string of the molecule is Oc1ncnc2c1cnn2-c1ccccc1Cl. The van der Waals surface area contributed by atoms with Crippen LogP contribution in [-0.4, -0.2) is 24.9 Å². The second-order valence-electron chi connectivity index (χ2n) is 3.44. The third-order valence-electron chi connectivity index (χ3n) is 2.43. The zero-order valence-electron chi connectivity index (χ0n) is 8.58. The van der Waals surface area contributed by atoms with Crippen molar-refractivity contribution in [2.75, 3.05) is 0 Å². The number of para-hydroxylation sites is 1. The van der Waals surface area contributed by atoms with E-state index in [1.54, 1.807) is 10.7 Å². The molecule has 3 rings (SSSR count). The fourth-order valence-electron chi connectivity index (χ4n) is 1.63. The highest BCUT2D eigenvalue weighted by molar-refractivity contribution is 6.32. The monoisotopic (exact) mass is 246 g/mol. The van der Waals surface area contributed by atoms with Gasteiger partial charge in [-0.05, 0) is 12.1 Å². The predicted molar refractivity (Wildman–Crippen MR) is 63.3 cm³/mol. The second kappa shape index (κ2) is 3.71. The lowest BCUT2D eigenvalue weighted by atomic mass is 10.3. The Kier molecular flexibility index (Phi) is 2.19. The highest BCUT2D eigenvalue weighted by atomic mass is 35.5. The molecule has 0 spiro atoms. The van der Waals surface area contributed by atoms with Crippen LogP contribution in [0.3, 0.4) is 0 Å². The largest absolute Gasteiger partial charge is 0.493 e. The third-order valence-corrected chi connectivity index (χ3v) is 2.75. The molecule has 17 heavy (non-hydrogen) atoms. The summed E-state index contributed by atoms with van der Waals surface area (Å²) in [6.45, 7) is 0. The van der Waals surface area contributed by atoms with Crippen molar-refractivity contribution >= 4 is 22.6 Å². The number of aromatic hydroxyl groups is 1. The Morgan fingerprint density at radius 3 is 2.82 bits per heavy atom. The summed E-state index contributed by atoms with van der Waals surface area (Å²) in [5.74, 6) is -0.0895. The Hall–Kier alpha value is -2.14. The quantitative estimate of drug-likeness (QED) is 0.715. The van der Waals surface area contributed by atoms with Crippen molar-refractivity contribution in [2.45, 2.75) is 0 Å². The van der Waals surface area contributed by atoms with Gasteiger partial charge < -0.3 is 5.11 Å². The van der Waals surface area contributed by atoms with Crippen LogP contribution in [0.4, 0.5) is 0 Å². The van der Waals surface area contributed by atoms with Gasteiger partial charge in [0.1, 0.15) is 11.7 Å². The molecule has 0 atom stereocenters. The van der Waals surface area contributed by atoms with Crippen LogP contribution in [0.5, 0.6) is 5.88 Å². The molecule has 0 aliphatic rings. The van der Waals surface area contributed by atoms with Crippen molar-refractivity contribution in [2.24, 2.45) is 0 Å². The molecule has 0 fully saturated rings. The first-order chi connectivity index (χ1) is 8.27. The number of aromatic nitrogens is 4. The predicted octanol–water partition coefficient (Wildman–Crippen LogP) is 2.17. The van der Waals surface area contributed by atoms with Gasteiger partial charge in [0.15, 0.2) is 5.65 Å². The zero-order valence-corrected chi connectivity index (χ0v) is 9.33. The van der Waals surface area contributed by atoms with E-state index in [0.717, 1.165) is 0 Å². The average molecular weight is 247 g/mol. The van der Waals surface area contributed by atoms with Gasteiger partial charge in [-0.2, -0.15) is 5.10 Å². The van der Waals surface area contributed by atoms with Gasteiger partial charge >= 0.3 is 0 Å². The highest BCUT2D eigenvalue weighted by Gasteiger charge is 2.11. The summed E-state index contributed by atoms with van der Waals surface area (Å²) in [5, 5.41) is 14.8. The van der Waals surface area contributed by atoms with E-state index in [0.29, 0.717) is 21.7 Å². The minimum absolute atomic E-state index is 0.0895. The van der Waals surface area contributed by atoms with E-state index < -0.39 is 0 Å². The fourth-order valence-corrected chi connectivity index (χ4v) is 1.85. The fraction of sp³-hybridized carbons (Fsp3) is 0. The molecule has 0 aliphatic carbocycles. The number of fused-ring (bicyclic) bond motifs is 1. The van der Waals surface area contributed by atoms with E-state index in [9.17, 15) is 5.11 Å². The topological polar surface area (TPSA) is 63.8 Å². The summed E-state index contributed by atoms with van der Waals surface area (Å²) >= 11 is 6.09. The van der Waals surface area contributed by atoms with Crippen molar-refractivity contribution in [3.05, 3.63) is 41.8 Å². The number of benzene rings is 1. The summed E-state index contributed by atoms with van der Waals surface area (Å²) in [6.07, 6.45) is 2.79. The lowest BCUT2D eigenvalue weighted by Crippen LogP contribution is -1.98. The molecule has 1 aromatic carbocycles. The van der Waals surface area contributed by atoms with Crippen molar-refractivity contribution in [1.82, 2.24) is 19.7 Å². The van der Waals surface area contributed by atoms with Crippen LogP contribution in [0.2, 0.25) is 5.02 Å². The van der Waals surface area contributed by atoms with Gasteiger partial charge in [-0.1, -0.05) is 23.7 Å². The van der Waals surface area contributed by atoms with Crippen molar-refractivity contribution < 1.29 is 5.11 Å². The molecule has 2 heterocycles. The Labute approximate surface area is 101 Å². The molecule has 0 aliphatic heterocycles. The lowest BCUT2D eigenvalue weighted by Gasteiger charge is -2.04. The van der Waals surface area contributed by atoms with E-state index in [4.69, 9.17) is 11.6 Å². The molecule has 0 radical (unpaired) electrons. The van der Waals surface area contributed by atoms with Crippen molar-refractivity contribution in [3.63, 3.8) is 0 Å². The summed E-state index contributed by atoms with van der Waals surface area (Å²) < 4.78 is 1.57. The smallest absolute Gasteiger partial charge is 0.225 e. The molecule has 0 bridgehead atoms. The highest BCUT2D eigenvalue weighted by Crippen LogP contribution is 2.25. The molecule has 0 saturated carbocycles. The van der Waals surface area contributed by atoms with E-state index in [1.807, 2.05) is 18.2 Å². The van der Waals surface area contributed by atoms with Crippen molar-refractivity contribution in [1.29, 1.82) is 0 Å². The van der Waals surface area contributed by atoms with Crippen molar-refractivity contribution in [3.8, 4) is 11.6 Å². The van der Waals surface area contributed by atoms with Gasteiger partial charge in [0.25, 0.3) is 0 Å². The Balaban J connectivity index is 2.33. The molecule has 5 nitrogen and oxygen atoms in total. The molecule has 2 aromatic heterocycles. The van der Waals surface area contributed by atoms with Gasteiger partial charge in [-0.25, -0.2) is 14.6 Å². The molecular weight excluding hydrogens is 240 g/mol. The van der Waals surface area contributed by atoms with E-state index in [1.165, 1.54) is 12.5 Å². The first-order valence-corrected chi connectivity index (χ1v) is 5.28. The maximum atomic E-state index is 9.56. The average Bonchev–Trinajstić information content (AvgIpc) is 2.75. The molecule has 0 amide bonds. The second-order valence-corrected chi connectivity index (χ2v) is 3.85. The number of hydrogen-bond donors (Lipinski definition) is 1. The molecular formula is C11H7ClN4O. The summed E-state index contributed by atoms with van der Waals surface area (Å²) in [5.41, 5.74) is 1.23. The lowest BCUT2D eigenvalue weighted by molar-refractivity contribution is 0.459. The maximum Gasteiger partial charge on any atom is 0.225 e. The molecule has 84 valence electrons. The summed E-state index contributed by atoms with van der Waals surface area (Å²) in [7, 11) is 0. The minimum Gasteiger partial charge on any atom is -0.493 e. The van der Waals surface area contributed by atoms with Crippen LogP contribution in [0.25, 0.3) is 16.7 Å². The Bertz CT molecular complexity index is 695. The van der Waals surface area contributed by atoms with Gasteiger partial charge in [0.05, 0.1) is 16.9 Å². The van der Waals surface area contributed by atoms with E-state index in [-0.39, 0.29) is 5.88 Å². The number of halogens is 1. The van der Waals surface area contributed by atoms with Crippen LogP contribution in [0, 0.1) is 0 Å². The summed E-state index contributed by atoms with van der Waals surface area (Å²) in [6, 6.07) is 7.29. The van der Waals surface area contributed by atoms with Gasteiger partial charge in [0, 0.05) is 0 Å². The van der Waals surface area contributed by atoms with E-state index >= 15 is 0 Å².